The Bertz CT molecular complexity index is 919. The third-order valence-corrected chi connectivity index (χ3v) is 4.12. The second kappa shape index (κ2) is 8.97. The maximum atomic E-state index is 6.07. The predicted octanol–water partition coefficient (Wildman–Crippen LogP) is 4.24. The first-order chi connectivity index (χ1) is 12.8. The molecule has 5 heteroatoms. The Morgan fingerprint density at radius 3 is 2.69 bits per heavy atom. The van der Waals surface area contributed by atoms with Gasteiger partial charge in [-0.15, -0.1) is 0 Å². The standard InChI is InChI=1S/C21H21N3OS/c1-2-22-21(26)24-23-14-17-9-4-6-13-20(17)25-15-18-11-7-10-16-8-3-5-12-19(16)18/h3-14H,2,15H2,1H3,(H2,22,24,26)/b23-14-. The van der Waals surface area contributed by atoms with Crippen LogP contribution in [-0.2, 0) is 6.61 Å². The highest BCUT2D eigenvalue weighted by molar-refractivity contribution is 7.80. The van der Waals surface area contributed by atoms with Crippen LogP contribution in [0.4, 0.5) is 0 Å². The molecule has 3 aromatic rings. The van der Waals surface area contributed by atoms with Gasteiger partial charge in [0.1, 0.15) is 12.4 Å². The molecular weight excluding hydrogens is 342 g/mol. The molecule has 0 atom stereocenters. The van der Waals surface area contributed by atoms with Crippen molar-refractivity contribution >= 4 is 34.3 Å². The molecule has 0 fully saturated rings. The Kier molecular flexibility index (Phi) is 6.17. The van der Waals surface area contributed by atoms with Gasteiger partial charge in [-0.05, 0) is 47.6 Å². The summed E-state index contributed by atoms with van der Waals surface area (Å²) in [5.41, 5.74) is 4.83. The van der Waals surface area contributed by atoms with E-state index in [1.807, 2.05) is 43.3 Å². The fourth-order valence-corrected chi connectivity index (χ4v) is 2.85. The molecule has 0 bridgehead atoms. The molecule has 0 aromatic heterocycles. The third kappa shape index (κ3) is 4.58. The van der Waals surface area contributed by atoms with Gasteiger partial charge in [0.25, 0.3) is 0 Å². The number of para-hydroxylation sites is 1. The Labute approximate surface area is 158 Å². The molecule has 132 valence electrons. The molecule has 0 saturated heterocycles. The summed E-state index contributed by atoms with van der Waals surface area (Å²) in [6.45, 7) is 3.23. The number of thiocarbonyl (C=S) groups is 1. The minimum absolute atomic E-state index is 0.495. The number of hydrazone groups is 1. The van der Waals surface area contributed by atoms with Crippen LogP contribution in [0.3, 0.4) is 0 Å². The summed E-state index contributed by atoms with van der Waals surface area (Å²) in [6.07, 6.45) is 1.71. The molecule has 0 aliphatic heterocycles. The number of rotatable bonds is 6. The summed E-state index contributed by atoms with van der Waals surface area (Å²) >= 11 is 5.09. The zero-order valence-corrected chi connectivity index (χ0v) is 15.4. The topological polar surface area (TPSA) is 45.7 Å². The molecule has 0 spiro atoms. The summed E-state index contributed by atoms with van der Waals surface area (Å²) in [4.78, 5) is 0. The highest BCUT2D eigenvalue weighted by atomic mass is 32.1. The molecule has 0 unspecified atom stereocenters. The Balaban J connectivity index is 1.72. The van der Waals surface area contributed by atoms with Gasteiger partial charge in [0.2, 0.25) is 0 Å². The van der Waals surface area contributed by atoms with Crippen molar-refractivity contribution in [3.63, 3.8) is 0 Å². The molecule has 0 radical (unpaired) electrons. The van der Waals surface area contributed by atoms with Crippen molar-refractivity contribution < 1.29 is 4.74 Å². The SMILES string of the molecule is CCNC(=S)N/N=C\c1ccccc1OCc1cccc2ccccc12. The number of fused-ring (bicyclic) bond motifs is 1. The van der Waals surface area contributed by atoms with E-state index in [2.05, 4.69) is 46.2 Å². The second-order valence-electron chi connectivity index (χ2n) is 5.69. The first-order valence-electron chi connectivity index (χ1n) is 8.53. The predicted molar refractivity (Wildman–Crippen MR) is 112 cm³/mol. The molecule has 3 aromatic carbocycles. The zero-order valence-electron chi connectivity index (χ0n) is 14.6. The van der Waals surface area contributed by atoms with Crippen molar-refractivity contribution in [2.24, 2.45) is 5.10 Å². The average Bonchev–Trinajstić information content (AvgIpc) is 2.67. The number of hydrogen-bond donors (Lipinski definition) is 2. The van der Waals surface area contributed by atoms with Gasteiger partial charge >= 0.3 is 0 Å². The first kappa shape index (κ1) is 17.9. The summed E-state index contributed by atoms with van der Waals surface area (Å²) in [6, 6.07) is 22.4. The lowest BCUT2D eigenvalue weighted by atomic mass is 10.1. The Hall–Kier alpha value is -2.92. The van der Waals surface area contributed by atoms with Gasteiger partial charge in [-0.2, -0.15) is 5.10 Å². The monoisotopic (exact) mass is 363 g/mol. The highest BCUT2D eigenvalue weighted by Crippen LogP contribution is 2.22. The summed E-state index contributed by atoms with van der Waals surface area (Å²) in [7, 11) is 0. The number of hydrogen-bond acceptors (Lipinski definition) is 3. The van der Waals surface area contributed by atoms with Crippen LogP contribution >= 0.6 is 12.2 Å². The van der Waals surface area contributed by atoms with Gasteiger partial charge < -0.3 is 10.1 Å². The fourth-order valence-electron chi connectivity index (χ4n) is 2.65. The normalized spacial score (nSPS) is 10.8. The highest BCUT2D eigenvalue weighted by Gasteiger charge is 2.04. The van der Waals surface area contributed by atoms with Crippen LogP contribution in [0.2, 0.25) is 0 Å². The summed E-state index contributed by atoms with van der Waals surface area (Å²) < 4.78 is 6.07. The minimum Gasteiger partial charge on any atom is -0.488 e. The zero-order chi connectivity index (χ0) is 18.2. The number of benzene rings is 3. The van der Waals surface area contributed by atoms with Gasteiger partial charge in [0.15, 0.2) is 5.11 Å². The molecular formula is C21H21N3OS. The molecule has 2 N–H and O–H groups in total. The van der Waals surface area contributed by atoms with E-state index in [9.17, 15) is 0 Å². The van der Waals surface area contributed by atoms with E-state index in [4.69, 9.17) is 17.0 Å². The average molecular weight is 363 g/mol. The van der Waals surface area contributed by atoms with E-state index < -0.39 is 0 Å². The number of nitrogens with zero attached hydrogens (tertiary/aromatic N) is 1. The maximum Gasteiger partial charge on any atom is 0.186 e. The van der Waals surface area contributed by atoms with E-state index in [1.165, 1.54) is 10.8 Å². The quantitative estimate of drug-likeness (QED) is 0.391. The number of ether oxygens (including phenoxy) is 1. The van der Waals surface area contributed by atoms with Crippen LogP contribution in [0.15, 0.2) is 71.8 Å². The Morgan fingerprint density at radius 1 is 1.04 bits per heavy atom. The van der Waals surface area contributed by atoms with Crippen LogP contribution < -0.4 is 15.5 Å². The lowest BCUT2D eigenvalue weighted by molar-refractivity contribution is 0.307. The van der Waals surface area contributed by atoms with E-state index in [-0.39, 0.29) is 0 Å². The summed E-state index contributed by atoms with van der Waals surface area (Å²) in [5, 5.41) is 10.1. The molecule has 3 rings (SSSR count). The van der Waals surface area contributed by atoms with Crippen LogP contribution in [0.5, 0.6) is 5.75 Å². The van der Waals surface area contributed by atoms with Gasteiger partial charge in [-0.25, -0.2) is 0 Å². The molecule has 0 heterocycles. The van der Waals surface area contributed by atoms with Crippen LogP contribution in [-0.4, -0.2) is 17.9 Å². The second-order valence-corrected chi connectivity index (χ2v) is 6.10. The molecule has 4 nitrogen and oxygen atoms in total. The van der Waals surface area contributed by atoms with Crippen molar-refractivity contribution in [2.75, 3.05) is 6.54 Å². The van der Waals surface area contributed by atoms with E-state index >= 15 is 0 Å². The molecule has 0 aliphatic carbocycles. The van der Waals surface area contributed by atoms with Crippen molar-refractivity contribution in [1.29, 1.82) is 0 Å². The Morgan fingerprint density at radius 2 is 1.81 bits per heavy atom. The lowest BCUT2D eigenvalue weighted by Gasteiger charge is -2.11. The van der Waals surface area contributed by atoms with E-state index in [1.54, 1.807) is 6.21 Å². The number of nitrogens with one attached hydrogen (secondary N) is 2. The van der Waals surface area contributed by atoms with Gasteiger partial charge in [-0.3, -0.25) is 5.43 Å². The van der Waals surface area contributed by atoms with Gasteiger partial charge in [-0.1, -0.05) is 54.6 Å². The van der Waals surface area contributed by atoms with Crippen molar-refractivity contribution in [3.05, 3.63) is 77.9 Å². The minimum atomic E-state index is 0.495. The molecule has 0 aliphatic rings. The van der Waals surface area contributed by atoms with Gasteiger partial charge in [0, 0.05) is 12.1 Å². The molecule has 26 heavy (non-hydrogen) atoms. The fraction of sp³-hybridized carbons (Fsp3) is 0.143. The lowest BCUT2D eigenvalue weighted by Crippen LogP contribution is -2.31. The van der Waals surface area contributed by atoms with Crippen molar-refractivity contribution in [2.45, 2.75) is 13.5 Å². The van der Waals surface area contributed by atoms with Crippen LogP contribution in [0.1, 0.15) is 18.1 Å². The van der Waals surface area contributed by atoms with Crippen molar-refractivity contribution in [3.8, 4) is 5.75 Å². The van der Waals surface area contributed by atoms with Crippen molar-refractivity contribution in [1.82, 2.24) is 10.7 Å². The van der Waals surface area contributed by atoms with E-state index in [0.717, 1.165) is 23.4 Å². The smallest absolute Gasteiger partial charge is 0.186 e. The van der Waals surface area contributed by atoms with Crippen LogP contribution in [0, 0.1) is 0 Å². The maximum absolute atomic E-state index is 6.07. The first-order valence-corrected chi connectivity index (χ1v) is 8.94. The third-order valence-electron chi connectivity index (χ3n) is 3.89. The summed E-state index contributed by atoms with van der Waals surface area (Å²) in [5.74, 6) is 0.778. The molecule has 0 saturated carbocycles. The van der Waals surface area contributed by atoms with Gasteiger partial charge in [0.05, 0.1) is 6.21 Å². The van der Waals surface area contributed by atoms with Crippen LogP contribution in [0.25, 0.3) is 10.8 Å². The largest absolute Gasteiger partial charge is 0.488 e. The van der Waals surface area contributed by atoms with E-state index in [0.29, 0.717) is 11.7 Å². The molecule has 0 amide bonds.